The van der Waals surface area contributed by atoms with Crippen molar-refractivity contribution in [2.24, 2.45) is 0 Å². The fraction of sp³-hybridized carbons (Fsp3) is 0.833. The highest BCUT2D eigenvalue weighted by Gasteiger charge is 2.18. The molecule has 0 radical (unpaired) electrons. The predicted molar refractivity (Wildman–Crippen MR) is 37.6 cm³/mol. The standard InChI is InChI=1S/C6H10O2S/c7-6(9)5-3-1-2-4-8-5/h5H,1-4H2,(H,7,9)/t5-/m1/s1. The zero-order valence-electron chi connectivity index (χ0n) is 5.17. The van der Waals surface area contributed by atoms with Crippen LogP contribution >= 0.6 is 12.6 Å². The molecule has 0 bridgehead atoms. The number of hydrogen-bond donors (Lipinski definition) is 1. The zero-order valence-corrected chi connectivity index (χ0v) is 6.06. The molecule has 0 aromatic carbocycles. The second-order valence-corrected chi connectivity index (χ2v) is 2.63. The highest BCUT2D eigenvalue weighted by Crippen LogP contribution is 2.13. The first-order valence-electron chi connectivity index (χ1n) is 3.15. The van der Waals surface area contributed by atoms with Crippen molar-refractivity contribution in [1.82, 2.24) is 0 Å². The van der Waals surface area contributed by atoms with Crippen molar-refractivity contribution in [3.05, 3.63) is 0 Å². The molecule has 1 heterocycles. The van der Waals surface area contributed by atoms with Crippen LogP contribution in [0.1, 0.15) is 19.3 Å². The minimum absolute atomic E-state index is 0.130. The molecule has 1 saturated heterocycles. The third kappa shape index (κ3) is 1.99. The molecule has 1 rings (SSSR count). The number of carbonyl (C=O) groups is 1. The lowest BCUT2D eigenvalue weighted by molar-refractivity contribution is -0.123. The van der Waals surface area contributed by atoms with Gasteiger partial charge in [0, 0.05) is 6.61 Å². The molecular weight excluding hydrogens is 136 g/mol. The van der Waals surface area contributed by atoms with E-state index in [0.717, 1.165) is 25.9 Å². The lowest BCUT2D eigenvalue weighted by atomic mass is 10.1. The van der Waals surface area contributed by atoms with Gasteiger partial charge in [0.05, 0.1) is 0 Å². The van der Waals surface area contributed by atoms with Crippen molar-refractivity contribution in [1.29, 1.82) is 0 Å². The molecule has 0 aromatic rings. The molecular formula is C6H10O2S. The number of carbonyl (C=O) groups excluding carboxylic acids is 1. The maximum Gasteiger partial charge on any atom is 0.214 e. The Labute approximate surface area is 60.0 Å². The molecule has 0 aliphatic carbocycles. The van der Waals surface area contributed by atoms with Gasteiger partial charge in [0.25, 0.3) is 0 Å². The molecule has 0 unspecified atom stereocenters. The monoisotopic (exact) mass is 146 g/mol. The van der Waals surface area contributed by atoms with E-state index in [-0.39, 0.29) is 11.2 Å². The summed E-state index contributed by atoms with van der Waals surface area (Å²) in [7, 11) is 0. The van der Waals surface area contributed by atoms with Crippen molar-refractivity contribution >= 4 is 17.7 Å². The van der Waals surface area contributed by atoms with E-state index in [2.05, 4.69) is 12.6 Å². The van der Waals surface area contributed by atoms with Crippen molar-refractivity contribution in [2.75, 3.05) is 6.61 Å². The third-order valence-electron chi connectivity index (χ3n) is 1.46. The Balaban J connectivity index is 2.31. The zero-order chi connectivity index (χ0) is 6.69. The first kappa shape index (κ1) is 7.09. The summed E-state index contributed by atoms with van der Waals surface area (Å²) in [6.45, 7) is 0.719. The van der Waals surface area contributed by atoms with Gasteiger partial charge in [-0.3, -0.25) is 4.79 Å². The molecule has 1 fully saturated rings. The molecule has 0 amide bonds. The maximum atomic E-state index is 10.5. The Bertz CT molecular complexity index is 108. The predicted octanol–water partition coefficient (Wildman–Crippen LogP) is 1.01. The largest absolute Gasteiger partial charge is 0.369 e. The summed E-state index contributed by atoms with van der Waals surface area (Å²) in [5.74, 6) is 0. The van der Waals surface area contributed by atoms with Crippen LogP contribution in [0.15, 0.2) is 0 Å². The second kappa shape index (κ2) is 3.22. The van der Waals surface area contributed by atoms with Gasteiger partial charge in [-0.15, -0.1) is 12.6 Å². The summed E-state index contributed by atoms with van der Waals surface area (Å²) >= 11 is 3.68. The van der Waals surface area contributed by atoms with Gasteiger partial charge < -0.3 is 4.74 Å². The molecule has 1 aliphatic rings. The van der Waals surface area contributed by atoms with Crippen LogP contribution in [0.5, 0.6) is 0 Å². The molecule has 52 valence electrons. The van der Waals surface area contributed by atoms with Gasteiger partial charge in [-0.1, -0.05) is 0 Å². The Hall–Kier alpha value is -0.0200. The summed E-state index contributed by atoms with van der Waals surface area (Å²) in [6, 6.07) is 0. The number of hydrogen-bond acceptors (Lipinski definition) is 2. The molecule has 0 spiro atoms. The van der Waals surface area contributed by atoms with E-state index in [1.54, 1.807) is 0 Å². The van der Waals surface area contributed by atoms with Crippen LogP contribution < -0.4 is 0 Å². The molecule has 1 aliphatic heterocycles. The minimum atomic E-state index is -0.220. The van der Waals surface area contributed by atoms with E-state index in [1.807, 2.05) is 0 Å². The van der Waals surface area contributed by atoms with E-state index in [4.69, 9.17) is 4.74 Å². The van der Waals surface area contributed by atoms with Crippen LogP contribution in [0.3, 0.4) is 0 Å². The lowest BCUT2D eigenvalue weighted by Crippen LogP contribution is -2.24. The average molecular weight is 146 g/mol. The van der Waals surface area contributed by atoms with Gasteiger partial charge in [0.15, 0.2) is 0 Å². The van der Waals surface area contributed by atoms with E-state index >= 15 is 0 Å². The van der Waals surface area contributed by atoms with Crippen LogP contribution in [0.25, 0.3) is 0 Å². The fourth-order valence-corrected chi connectivity index (χ4v) is 1.14. The van der Waals surface area contributed by atoms with Crippen LogP contribution in [0, 0.1) is 0 Å². The van der Waals surface area contributed by atoms with Gasteiger partial charge in [0.1, 0.15) is 6.10 Å². The van der Waals surface area contributed by atoms with Crippen molar-refractivity contribution < 1.29 is 9.53 Å². The highest BCUT2D eigenvalue weighted by atomic mass is 32.1. The first-order chi connectivity index (χ1) is 4.30. The Morgan fingerprint density at radius 3 is 2.67 bits per heavy atom. The number of thiol groups is 1. The molecule has 0 aromatic heterocycles. The fourth-order valence-electron chi connectivity index (χ4n) is 0.935. The Morgan fingerprint density at radius 2 is 2.33 bits per heavy atom. The van der Waals surface area contributed by atoms with Gasteiger partial charge in [-0.2, -0.15) is 0 Å². The third-order valence-corrected chi connectivity index (χ3v) is 1.74. The second-order valence-electron chi connectivity index (χ2n) is 2.19. The molecule has 3 heteroatoms. The van der Waals surface area contributed by atoms with E-state index in [9.17, 15) is 4.79 Å². The summed E-state index contributed by atoms with van der Waals surface area (Å²) < 4.78 is 5.11. The topological polar surface area (TPSA) is 26.3 Å². The first-order valence-corrected chi connectivity index (χ1v) is 3.60. The minimum Gasteiger partial charge on any atom is -0.369 e. The Morgan fingerprint density at radius 1 is 1.56 bits per heavy atom. The van der Waals surface area contributed by atoms with Crippen molar-refractivity contribution in [3.8, 4) is 0 Å². The highest BCUT2D eigenvalue weighted by molar-refractivity contribution is 7.96. The summed E-state index contributed by atoms with van der Waals surface area (Å²) in [4.78, 5) is 10.5. The van der Waals surface area contributed by atoms with Crippen molar-refractivity contribution in [2.45, 2.75) is 25.4 Å². The SMILES string of the molecule is O=C(S)[C@H]1CCCCO1. The summed E-state index contributed by atoms with van der Waals surface area (Å²) in [5, 5.41) is -0.130. The number of rotatable bonds is 1. The van der Waals surface area contributed by atoms with Gasteiger partial charge >= 0.3 is 0 Å². The lowest BCUT2D eigenvalue weighted by Gasteiger charge is -2.18. The summed E-state index contributed by atoms with van der Waals surface area (Å²) in [6.07, 6.45) is 2.80. The van der Waals surface area contributed by atoms with E-state index in [1.165, 1.54) is 0 Å². The normalized spacial score (nSPS) is 27.9. The smallest absolute Gasteiger partial charge is 0.214 e. The quantitative estimate of drug-likeness (QED) is 0.559. The Kier molecular flexibility index (Phi) is 2.54. The van der Waals surface area contributed by atoms with Crippen LogP contribution in [-0.2, 0) is 9.53 Å². The van der Waals surface area contributed by atoms with Crippen LogP contribution in [0.4, 0.5) is 0 Å². The van der Waals surface area contributed by atoms with Crippen LogP contribution in [0.2, 0.25) is 0 Å². The molecule has 0 N–H and O–H groups in total. The van der Waals surface area contributed by atoms with Crippen LogP contribution in [-0.4, -0.2) is 17.8 Å². The van der Waals surface area contributed by atoms with Gasteiger partial charge in [-0.05, 0) is 19.3 Å². The molecule has 2 nitrogen and oxygen atoms in total. The summed E-state index contributed by atoms with van der Waals surface area (Å²) in [5.41, 5.74) is 0. The van der Waals surface area contributed by atoms with Gasteiger partial charge in [0.2, 0.25) is 5.12 Å². The molecule has 1 atom stereocenters. The van der Waals surface area contributed by atoms with Crippen molar-refractivity contribution in [3.63, 3.8) is 0 Å². The van der Waals surface area contributed by atoms with E-state index in [0.29, 0.717) is 0 Å². The molecule has 0 saturated carbocycles. The maximum absolute atomic E-state index is 10.5. The molecule has 9 heavy (non-hydrogen) atoms. The number of ether oxygens (including phenoxy) is 1. The average Bonchev–Trinajstić information content (AvgIpc) is 1.90. The van der Waals surface area contributed by atoms with Gasteiger partial charge in [-0.25, -0.2) is 0 Å². The van der Waals surface area contributed by atoms with E-state index < -0.39 is 0 Å².